The van der Waals surface area contributed by atoms with Gasteiger partial charge in [0, 0.05) is 0 Å². The van der Waals surface area contributed by atoms with Gasteiger partial charge in [-0.2, -0.15) is 16.7 Å². The Morgan fingerprint density at radius 3 is 2.68 bits per heavy atom. The number of hydrogen-bond donors (Lipinski definition) is 1. The Labute approximate surface area is 114 Å². The summed E-state index contributed by atoms with van der Waals surface area (Å²) in [4.78, 5) is 4.28. The molecule has 4 nitrogen and oxygen atoms in total. The molecule has 1 aromatic heterocycles. The molecule has 0 unspecified atom stereocenters. The minimum atomic E-state index is 0.151. The fourth-order valence-corrected chi connectivity index (χ4v) is 2.33. The molecule has 0 amide bonds. The van der Waals surface area contributed by atoms with Crippen molar-refractivity contribution >= 4 is 22.5 Å². The summed E-state index contributed by atoms with van der Waals surface area (Å²) in [5.74, 6) is 1.83. The fraction of sp³-hybridized carbons (Fsp3) is 0.143. The second kappa shape index (κ2) is 4.93. The summed E-state index contributed by atoms with van der Waals surface area (Å²) in [5.41, 5.74) is 0.568. The van der Waals surface area contributed by atoms with E-state index in [0.29, 0.717) is 23.0 Å². The molecule has 0 radical (unpaired) electrons. The van der Waals surface area contributed by atoms with Crippen LogP contribution in [0, 0.1) is 0 Å². The number of benzene rings is 2. The van der Waals surface area contributed by atoms with Gasteiger partial charge in [0.05, 0.1) is 11.3 Å². The maximum absolute atomic E-state index is 10.1. The van der Waals surface area contributed by atoms with Gasteiger partial charge >= 0.3 is 0 Å². The summed E-state index contributed by atoms with van der Waals surface area (Å²) in [6.07, 6.45) is 1.98. The highest BCUT2D eigenvalue weighted by Gasteiger charge is 2.13. The summed E-state index contributed by atoms with van der Waals surface area (Å²) in [6.45, 7) is 0. The third-order valence-corrected chi connectivity index (χ3v) is 3.38. The van der Waals surface area contributed by atoms with E-state index in [1.165, 1.54) is 0 Å². The van der Waals surface area contributed by atoms with E-state index in [1.54, 1.807) is 17.8 Å². The van der Waals surface area contributed by atoms with Crippen molar-refractivity contribution < 1.29 is 9.63 Å². The van der Waals surface area contributed by atoms with Gasteiger partial charge < -0.3 is 9.63 Å². The Balaban J connectivity index is 2.10. The number of aromatic nitrogens is 2. The van der Waals surface area contributed by atoms with E-state index in [0.717, 1.165) is 10.8 Å². The second-order valence-corrected chi connectivity index (χ2v) is 5.03. The van der Waals surface area contributed by atoms with Gasteiger partial charge in [0.15, 0.2) is 5.82 Å². The van der Waals surface area contributed by atoms with Crippen LogP contribution in [0.1, 0.15) is 5.82 Å². The van der Waals surface area contributed by atoms with Crippen LogP contribution in [0.3, 0.4) is 0 Å². The highest BCUT2D eigenvalue weighted by atomic mass is 32.2. The quantitative estimate of drug-likeness (QED) is 0.791. The average Bonchev–Trinajstić information content (AvgIpc) is 2.87. The van der Waals surface area contributed by atoms with E-state index in [-0.39, 0.29) is 5.75 Å². The van der Waals surface area contributed by atoms with Crippen molar-refractivity contribution in [2.75, 3.05) is 6.26 Å². The molecule has 0 spiro atoms. The first-order valence-electron chi connectivity index (χ1n) is 5.81. The lowest BCUT2D eigenvalue weighted by molar-refractivity contribution is 0.420. The number of thioether (sulfide) groups is 1. The molecular weight excluding hydrogens is 260 g/mol. The van der Waals surface area contributed by atoms with Crippen molar-refractivity contribution in [2.45, 2.75) is 5.75 Å². The molecule has 0 saturated heterocycles. The minimum Gasteiger partial charge on any atom is -0.507 e. The van der Waals surface area contributed by atoms with Crippen molar-refractivity contribution in [1.29, 1.82) is 0 Å². The first-order valence-corrected chi connectivity index (χ1v) is 7.21. The van der Waals surface area contributed by atoms with Crippen molar-refractivity contribution in [3.63, 3.8) is 0 Å². The van der Waals surface area contributed by atoms with Crippen LogP contribution in [-0.2, 0) is 5.75 Å². The lowest BCUT2D eigenvalue weighted by Crippen LogP contribution is -1.84. The molecule has 5 heteroatoms. The molecule has 0 aliphatic rings. The molecule has 96 valence electrons. The van der Waals surface area contributed by atoms with Crippen LogP contribution in [0.15, 0.2) is 40.9 Å². The first-order chi connectivity index (χ1) is 9.28. The third kappa shape index (κ3) is 2.29. The summed E-state index contributed by atoms with van der Waals surface area (Å²) >= 11 is 1.62. The van der Waals surface area contributed by atoms with Crippen LogP contribution in [0.25, 0.3) is 22.2 Å². The first kappa shape index (κ1) is 12.0. The van der Waals surface area contributed by atoms with Crippen LogP contribution in [0.4, 0.5) is 0 Å². The maximum atomic E-state index is 10.1. The Morgan fingerprint density at radius 1 is 1.21 bits per heavy atom. The maximum Gasteiger partial charge on any atom is 0.261 e. The molecule has 0 fully saturated rings. The summed E-state index contributed by atoms with van der Waals surface area (Å²) in [6, 6.07) is 11.4. The largest absolute Gasteiger partial charge is 0.507 e. The van der Waals surface area contributed by atoms with E-state index >= 15 is 0 Å². The van der Waals surface area contributed by atoms with Gasteiger partial charge in [0.1, 0.15) is 5.75 Å². The van der Waals surface area contributed by atoms with Gasteiger partial charge in [0.25, 0.3) is 5.89 Å². The topological polar surface area (TPSA) is 59.2 Å². The highest BCUT2D eigenvalue weighted by molar-refractivity contribution is 7.97. The number of phenols is 1. The normalized spacial score (nSPS) is 11.0. The van der Waals surface area contributed by atoms with Crippen molar-refractivity contribution in [3.8, 4) is 17.2 Å². The number of hydrogen-bond acceptors (Lipinski definition) is 5. The number of aromatic hydroxyl groups is 1. The van der Waals surface area contributed by atoms with Gasteiger partial charge in [-0.25, -0.2) is 0 Å². The van der Waals surface area contributed by atoms with Crippen LogP contribution in [-0.4, -0.2) is 21.5 Å². The smallest absolute Gasteiger partial charge is 0.261 e. The molecule has 0 aliphatic carbocycles. The Hall–Kier alpha value is -2.01. The van der Waals surface area contributed by atoms with Crippen molar-refractivity contribution in [1.82, 2.24) is 10.1 Å². The lowest BCUT2D eigenvalue weighted by Gasteiger charge is -2.02. The van der Waals surface area contributed by atoms with Crippen LogP contribution in [0.5, 0.6) is 5.75 Å². The summed E-state index contributed by atoms with van der Waals surface area (Å²) in [7, 11) is 0. The molecule has 1 heterocycles. The van der Waals surface area contributed by atoms with Crippen LogP contribution < -0.4 is 0 Å². The minimum absolute atomic E-state index is 0.151. The molecule has 0 bridgehead atoms. The van der Waals surface area contributed by atoms with Crippen LogP contribution >= 0.6 is 11.8 Å². The predicted octanol–water partition coefficient (Wildman–Crippen LogP) is 3.46. The van der Waals surface area contributed by atoms with Crippen molar-refractivity contribution in [2.24, 2.45) is 0 Å². The van der Waals surface area contributed by atoms with E-state index in [4.69, 9.17) is 4.52 Å². The summed E-state index contributed by atoms with van der Waals surface area (Å²) < 4.78 is 5.20. The molecule has 1 N–H and O–H groups in total. The zero-order chi connectivity index (χ0) is 13.2. The van der Waals surface area contributed by atoms with Gasteiger partial charge in [0.2, 0.25) is 0 Å². The predicted molar refractivity (Wildman–Crippen MR) is 76.1 cm³/mol. The van der Waals surface area contributed by atoms with Gasteiger partial charge in [-0.3, -0.25) is 0 Å². The van der Waals surface area contributed by atoms with Gasteiger partial charge in [-0.1, -0.05) is 29.4 Å². The molecule has 19 heavy (non-hydrogen) atoms. The van der Waals surface area contributed by atoms with Gasteiger partial charge in [-0.05, 0) is 29.2 Å². The molecule has 3 aromatic rings. The molecule has 3 rings (SSSR count). The number of fused-ring (bicyclic) bond motifs is 1. The number of phenolic OH excluding ortho intramolecular Hbond substituents is 1. The zero-order valence-electron chi connectivity index (χ0n) is 10.3. The molecule has 0 saturated carbocycles. The monoisotopic (exact) mass is 272 g/mol. The summed E-state index contributed by atoms with van der Waals surface area (Å²) in [5, 5.41) is 16.0. The Kier molecular flexibility index (Phi) is 3.13. The number of rotatable bonds is 3. The highest BCUT2D eigenvalue weighted by Crippen LogP contribution is 2.32. The lowest BCUT2D eigenvalue weighted by atomic mass is 10.1. The Morgan fingerprint density at radius 2 is 1.95 bits per heavy atom. The standard InChI is InChI=1S/C14H12N2O2S/c1-19-8-13-15-14(18-16-13)11-6-9-4-2-3-5-10(9)7-12(11)17/h2-7,17H,8H2,1H3. The van der Waals surface area contributed by atoms with Crippen molar-refractivity contribution in [3.05, 3.63) is 42.2 Å². The molecule has 0 atom stereocenters. The van der Waals surface area contributed by atoms with Gasteiger partial charge in [-0.15, -0.1) is 0 Å². The number of nitrogens with zero attached hydrogens (tertiary/aromatic N) is 2. The molecule has 2 aromatic carbocycles. The zero-order valence-corrected chi connectivity index (χ0v) is 11.1. The second-order valence-electron chi connectivity index (χ2n) is 4.17. The third-order valence-electron chi connectivity index (χ3n) is 2.84. The van der Waals surface area contributed by atoms with E-state index < -0.39 is 0 Å². The van der Waals surface area contributed by atoms with E-state index in [1.807, 2.05) is 36.6 Å². The Bertz CT molecular complexity index is 724. The molecular formula is C14H12N2O2S. The SMILES string of the molecule is CSCc1noc(-c2cc3ccccc3cc2O)n1. The fourth-order valence-electron chi connectivity index (χ4n) is 1.95. The van der Waals surface area contributed by atoms with E-state index in [2.05, 4.69) is 10.1 Å². The van der Waals surface area contributed by atoms with E-state index in [9.17, 15) is 5.11 Å². The van der Waals surface area contributed by atoms with Crippen LogP contribution in [0.2, 0.25) is 0 Å². The molecule has 0 aliphatic heterocycles. The average molecular weight is 272 g/mol.